The summed E-state index contributed by atoms with van der Waals surface area (Å²) in [5, 5.41) is 0.919. The minimum Gasteiger partial charge on any atom is -0.493 e. The third-order valence-corrected chi connectivity index (χ3v) is 4.34. The molecule has 0 aliphatic carbocycles. The summed E-state index contributed by atoms with van der Waals surface area (Å²) in [6.45, 7) is 5.20. The van der Waals surface area contributed by atoms with E-state index in [9.17, 15) is 0 Å². The Labute approximate surface area is 123 Å². The third-order valence-electron chi connectivity index (χ3n) is 3.56. The van der Waals surface area contributed by atoms with E-state index < -0.39 is 0 Å². The topological polar surface area (TPSA) is 27.7 Å². The van der Waals surface area contributed by atoms with E-state index in [2.05, 4.69) is 29.8 Å². The number of alkyl halides is 1. The average Bonchev–Trinajstić information content (AvgIpc) is 2.53. The summed E-state index contributed by atoms with van der Waals surface area (Å²) < 4.78 is 16.7. The van der Waals surface area contributed by atoms with Crippen molar-refractivity contribution < 1.29 is 14.2 Å². The number of hydrogen-bond acceptors (Lipinski definition) is 3. The SMILES string of the molecule is COc1cc2c(cc1OC)C(CBr)CC(C)(C)CO2. The van der Waals surface area contributed by atoms with Crippen molar-refractivity contribution >= 4 is 15.9 Å². The number of fused-ring (bicyclic) bond motifs is 1. The molecule has 1 aromatic carbocycles. The molecule has 1 heterocycles. The standard InChI is InChI=1S/C15H21BrO3/c1-15(2)7-10(8-16)11-5-13(17-3)14(18-4)6-12(11)19-9-15/h5-6,10H,7-9H2,1-4H3. The summed E-state index contributed by atoms with van der Waals surface area (Å²) >= 11 is 3.62. The van der Waals surface area contributed by atoms with Gasteiger partial charge in [-0.2, -0.15) is 0 Å². The van der Waals surface area contributed by atoms with Crippen molar-refractivity contribution in [3.8, 4) is 17.2 Å². The highest BCUT2D eigenvalue weighted by Crippen LogP contribution is 2.45. The fourth-order valence-electron chi connectivity index (χ4n) is 2.57. The van der Waals surface area contributed by atoms with E-state index in [0.29, 0.717) is 11.7 Å². The Morgan fingerprint density at radius 3 is 2.47 bits per heavy atom. The third kappa shape index (κ3) is 2.99. The van der Waals surface area contributed by atoms with Gasteiger partial charge in [-0.15, -0.1) is 0 Å². The fraction of sp³-hybridized carbons (Fsp3) is 0.600. The zero-order valence-corrected chi connectivity index (χ0v) is 13.5. The minimum atomic E-state index is 0.165. The van der Waals surface area contributed by atoms with Gasteiger partial charge in [0.05, 0.1) is 20.8 Å². The van der Waals surface area contributed by atoms with Gasteiger partial charge in [-0.3, -0.25) is 0 Å². The van der Waals surface area contributed by atoms with Gasteiger partial charge in [0.1, 0.15) is 5.75 Å². The molecular weight excluding hydrogens is 308 g/mol. The van der Waals surface area contributed by atoms with Gasteiger partial charge in [0.2, 0.25) is 0 Å². The highest BCUT2D eigenvalue weighted by atomic mass is 79.9. The Bertz CT molecular complexity index is 457. The Morgan fingerprint density at radius 2 is 1.89 bits per heavy atom. The van der Waals surface area contributed by atoms with Gasteiger partial charge < -0.3 is 14.2 Å². The molecule has 2 rings (SSSR count). The molecule has 0 fully saturated rings. The molecule has 0 radical (unpaired) electrons. The second kappa shape index (κ2) is 5.61. The van der Waals surface area contributed by atoms with Crippen LogP contribution in [0.3, 0.4) is 0 Å². The fourth-order valence-corrected chi connectivity index (χ4v) is 3.14. The van der Waals surface area contributed by atoms with Crippen LogP contribution in [0.4, 0.5) is 0 Å². The lowest BCUT2D eigenvalue weighted by atomic mass is 9.82. The molecule has 0 saturated heterocycles. The van der Waals surface area contributed by atoms with Crippen LogP contribution in [0.25, 0.3) is 0 Å². The summed E-state index contributed by atoms with van der Waals surface area (Å²) in [5.41, 5.74) is 1.36. The zero-order chi connectivity index (χ0) is 14.0. The van der Waals surface area contributed by atoms with Crippen LogP contribution in [0.2, 0.25) is 0 Å². The van der Waals surface area contributed by atoms with Crippen LogP contribution in [0.15, 0.2) is 12.1 Å². The van der Waals surface area contributed by atoms with Gasteiger partial charge in [-0.05, 0) is 23.8 Å². The highest BCUT2D eigenvalue weighted by Gasteiger charge is 2.31. The first kappa shape index (κ1) is 14.5. The monoisotopic (exact) mass is 328 g/mol. The van der Waals surface area contributed by atoms with Crippen LogP contribution >= 0.6 is 15.9 Å². The van der Waals surface area contributed by atoms with Crippen molar-refractivity contribution in [3.63, 3.8) is 0 Å². The molecule has 1 aliphatic rings. The minimum absolute atomic E-state index is 0.165. The summed E-state index contributed by atoms with van der Waals surface area (Å²) in [4.78, 5) is 0. The van der Waals surface area contributed by atoms with Crippen molar-refractivity contribution in [1.82, 2.24) is 0 Å². The molecule has 1 atom stereocenters. The van der Waals surface area contributed by atoms with Crippen molar-refractivity contribution in [3.05, 3.63) is 17.7 Å². The highest BCUT2D eigenvalue weighted by molar-refractivity contribution is 9.09. The predicted octanol–water partition coefficient (Wildman–Crippen LogP) is 3.99. The van der Waals surface area contributed by atoms with Crippen molar-refractivity contribution in [2.24, 2.45) is 5.41 Å². The summed E-state index contributed by atoms with van der Waals surface area (Å²) in [7, 11) is 3.31. The van der Waals surface area contributed by atoms with Gasteiger partial charge in [0.25, 0.3) is 0 Å². The Balaban J connectivity index is 2.48. The maximum absolute atomic E-state index is 5.98. The van der Waals surface area contributed by atoms with Gasteiger partial charge in [-0.25, -0.2) is 0 Å². The number of halogens is 1. The average molecular weight is 329 g/mol. The molecule has 0 N–H and O–H groups in total. The van der Waals surface area contributed by atoms with Gasteiger partial charge in [0, 0.05) is 17.0 Å². The molecule has 3 nitrogen and oxygen atoms in total. The number of ether oxygens (including phenoxy) is 3. The first-order valence-electron chi connectivity index (χ1n) is 6.45. The normalized spacial score (nSPS) is 21.0. The van der Waals surface area contributed by atoms with Gasteiger partial charge in [0.15, 0.2) is 11.5 Å². The molecule has 106 valence electrons. The zero-order valence-electron chi connectivity index (χ0n) is 12.0. The van der Waals surface area contributed by atoms with E-state index in [1.54, 1.807) is 14.2 Å². The summed E-state index contributed by atoms with van der Waals surface area (Å²) in [6, 6.07) is 3.98. The van der Waals surface area contributed by atoms with E-state index in [1.807, 2.05) is 12.1 Å². The molecular formula is C15H21BrO3. The van der Waals surface area contributed by atoms with E-state index >= 15 is 0 Å². The predicted molar refractivity (Wildman–Crippen MR) is 80.0 cm³/mol. The van der Waals surface area contributed by atoms with E-state index in [1.165, 1.54) is 5.56 Å². The lowest BCUT2D eigenvalue weighted by Gasteiger charge is -2.24. The maximum atomic E-state index is 5.98. The Hall–Kier alpha value is -0.900. The molecule has 1 unspecified atom stereocenters. The first-order valence-corrected chi connectivity index (χ1v) is 7.57. The quantitative estimate of drug-likeness (QED) is 0.785. The van der Waals surface area contributed by atoms with E-state index in [0.717, 1.165) is 29.9 Å². The summed E-state index contributed by atoms with van der Waals surface area (Å²) in [5.74, 6) is 2.81. The molecule has 1 aromatic rings. The smallest absolute Gasteiger partial charge is 0.164 e. The number of benzene rings is 1. The van der Waals surface area contributed by atoms with Crippen LogP contribution in [0, 0.1) is 5.41 Å². The molecule has 0 amide bonds. The molecule has 4 heteroatoms. The molecule has 0 bridgehead atoms. The lowest BCUT2D eigenvalue weighted by Crippen LogP contribution is -2.21. The van der Waals surface area contributed by atoms with Gasteiger partial charge >= 0.3 is 0 Å². The van der Waals surface area contributed by atoms with Crippen molar-refractivity contribution in [2.75, 3.05) is 26.2 Å². The second-order valence-corrected chi connectivity index (χ2v) is 6.40. The van der Waals surface area contributed by atoms with Crippen LogP contribution < -0.4 is 14.2 Å². The van der Waals surface area contributed by atoms with Crippen LogP contribution in [0.5, 0.6) is 17.2 Å². The van der Waals surface area contributed by atoms with E-state index in [4.69, 9.17) is 14.2 Å². The van der Waals surface area contributed by atoms with Crippen LogP contribution in [-0.4, -0.2) is 26.2 Å². The Kier molecular flexibility index (Phi) is 4.29. The number of methoxy groups -OCH3 is 2. The van der Waals surface area contributed by atoms with E-state index in [-0.39, 0.29) is 5.41 Å². The first-order chi connectivity index (χ1) is 9.00. The molecule has 0 aromatic heterocycles. The lowest BCUT2D eigenvalue weighted by molar-refractivity contribution is 0.177. The molecule has 0 spiro atoms. The van der Waals surface area contributed by atoms with Crippen molar-refractivity contribution in [1.29, 1.82) is 0 Å². The van der Waals surface area contributed by atoms with Crippen LogP contribution in [-0.2, 0) is 0 Å². The molecule has 19 heavy (non-hydrogen) atoms. The molecule has 0 saturated carbocycles. The number of hydrogen-bond donors (Lipinski definition) is 0. The van der Waals surface area contributed by atoms with Crippen molar-refractivity contribution in [2.45, 2.75) is 26.2 Å². The van der Waals surface area contributed by atoms with Crippen LogP contribution in [0.1, 0.15) is 31.7 Å². The number of rotatable bonds is 3. The van der Waals surface area contributed by atoms with Gasteiger partial charge in [-0.1, -0.05) is 29.8 Å². The Morgan fingerprint density at radius 1 is 1.26 bits per heavy atom. The summed E-state index contributed by atoms with van der Waals surface area (Å²) in [6.07, 6.45) is 1.08. The molecule has 1 aliphatic heterocycles. The largest absolute Gasteiger partial charge is 0.493 e. The maximum Gasteiger partial charge on any atom is 0.164 e. The second-order valence-electron chi connectivity index (χ2n) is 5.75.